The lowest BCUT2D eigenvalue weighted by Gasteiger charge is -2.09. The fourth-order valence-corrected chi connectivity index (χ4v) is 3.01. The van der Waals surface area contributed by atoms with Gasteiger partial charge in [0, 0.05) is 37.2 Å². The minimum absolute atomic E-state index is 0.198. The molecule has 1 amide bonds. The van der Waals surface area contributed by atoms with E-state index in [1.54, 1.807) is 31.4 Å². The summed E-state index contributed by atoms with van der Waals surface area (Å²) in [5.41, 5.74) is 2.29. The number of methoxy groups -OCH3 is 1. The Kier molecular flexibility index (Phi) is 6.67. The monoisotopic (exact) mass is 401 g/mol. The summed E-state index contributed by atoms with van der Waals surface area (Å²) in [6.45, 7) is 2.77. The van der Waals surface area contributed by atoms with E-state index in [0.717, 1.165) is 22.7 Å². The molecule has 0 spiro atoms. The van der Waals surface area contributed by atoms with Gasteiger partial charge in [0.05, 0.1) is 6.61 Å². The summed E-state index contributed by atoms with van der Waals surface area (Å²) in [7, 11) is 1.58. The van der Waals surface area contributed by atoms with Crippen molar-refractivity contribution >= 4 is 17.4 Å². The van der Waals surface area contributed by atoms with Gasteiger partial charge < -0.3 is 14.8 Å². The summed E-state index contributed by atoms with van der Waals surface area (Å²) < 4.78 is 28.1. The Morgan fingerprint density at radius 2 is 2.00 bits per heavy atom. The van der Waals surface area contributed by atoms with E-state index in [2.05, 4.69) is 14.7 Å². The first-order valence-corrected chi connectivity index (χ1v) is 9.45. The first kappa shape index (κ1) is 19.9. The van der Waals surface area contributed by atoms with Gasteiger partial charge >= 0.3 is 0 Å². The van der Waals surface area contributed by atoms with Gasteiger partial charge in [0.15, 0.2) is 5.82 Å². The quantitative estimate of drug-likeness (QED) is 0.582. The highest BCUT2D eigenvalue weighted by molar-refractivity contribution is 7.07. The van der Waals surface area contributed by atoms with Crippen molar-refractivity contribution in [3.05, 3.63) is 70.8 Å². The van der Waals surface area contributed by atoms with Gasteiger partial charge in [0.25, 0.3) is 11.1 Å². The van der Waals surface area contributed by atoms with Crippen LogP contribution in [0.15, 0.2) is 42.5 Å². The molecule has 2 aromatic carbocycles. The standard InChI is InChI=1S/C20H20FN3O3S/c1-13-3-6-15(19(25)22-9-10-26-2)12-17(13)27-20-23-18(24-28-20)11-14-4-7-16(21)8-5-14/h3-8,12H,9-11H2,1-2H3,(H,22,25). The number of carbonyl (C=O) groups is 1. The molecule has 0 bridgehead atoms. The second kappa shape index (κ2) is 9.38. The minimum atomic E-state index is -0.277. The van der Waals surface area contributed by atoms with E-state index in [9.17, 15) is 9.18 Å². The molecule has 3 rings (SSSR count). The van der Waals surface area contributed by atoms with Crippen molar-refractivity contribution in [3.63, 3.8) is 0 Å². The third kappa shape index (κ3) is 5.34. The normalized spacial score (nSPS) is 10.7. The van der Waals surface area contributed by atoms with Crippen molar-refractivity contribution in [1.29, 1.82) is 0 Å². The molecule has 0 radical (unpaired) electrons. The van der Waals surface area contributed by atoms with Gasteiger partial charge in [-0.2, -0.15) is 9.36 Å². The first-order valence-electron chi connectivity index (χ1n) is 8.68. The molecule has 0 aliphatic rings. The first-order chi connectivity index (χ1) is 13.5. The van der Waals surface area contributed by atoms with Crippen LogP contribution in [0.4, 0.5) is 4.39 Å². The summed E-state index contributed by atoms with van der Waals surface area (Å²) in [5.74, 6) is 0.665. The molecule has 0 unspecified atom stereocenters. The van der Waals surface area contributed by atoms with E-state index in [0.29, 0.717) is 41.9 Å². The largest absolute Gasteiger partial charge is 0.430 e. The number of hydrogen-bond acceptors (Lipinski definition) is 6. The van der Waals surface area contributed by atoms with Crippen LogP contribution < -0.4 is 10.1 Å². The molecule has 28 heavy (non-hydrogen) atoms. The second-order valence-electron chi connectivity index (χ2n) is 6.11. The second-order valence-corrected chi connectivity index (χ2v) is 6.83. The number of rotatable bonds is 8. The van der Waals surface area contributed by atoms with Crippen molar-refractivity contribution in [3.8, 4) is 10.9 Å². The third-order valence-electron chi connectivity index (χ3n) is 3.96. The van der Waals surface area contributed by atoms with Gasteiger partial charge in [0.2, 0.25) is 0 Å². The molecular weight excluding hydrogens is 381 g/mol. The number of amides is 1. The summed E-state index contributed by atoms with van der Waals surface area (Å²) in [5, 5.41) is 3.16. The Labute approximate surface area is 166 Å². The van der Waals surface area contributed by atoms with Crippen molar-refractivity contribution in [1.82, 2.24) is 14.7 Å². The van der Waals surface area contributed by atoms with E-state index < -0.39 is 0 Å². The number of carbonyl (C=O) groups excluding carboxylic acids is 1. The number of nitrogens with zero attached hydrogens (tertiary/aromatic N) is 2. The van der Waals surface area contributed by atoms with Gasteiger partial charge in [-0.15, -0.1) is 0 Å². The van der Waals surface area contributed by atoms with Crippen LogP contribution >= 0.6 is 11.5 Å². The molecule has 1 N–H and O–H groups in total. The van der Waals surface area contributed by atoms with Gasteiger partial charge in [0.1, 0.15) is 11.6 Å². The molecule has 0 aliphatic carbocycles. The van der Waals surface area contributed by atoms with Crippen molar-refractivity contribution in [2.75, 3.05) is 20.3 Å². The predicted molar refractivity (Wildman–Crippen MR) is 105 cm³/mol. The number of aryl methyl sites for hydroxylation is 1. The molecule has 3 aromatic rings. The van der Waals surface area contributed by atoms with Gasteiger partial charge in [-0.3, -0.25) is 4.79 Å². The smallest absolute Gasteiger partial charge is 0.298 e. The highest BCUT2D eigenvalue weighted by Gasteiger charge is 2.12. The molecule has 8 heteroatoms. The molecule has 0 saturated heterocycles. The molecular formula is C20H20FN3O3S. The predicted octanol–water partition coefficient (Wildman–Crippen LogP) is 3.74. The SMILES string of the molecule is COCCNC(=O)c1ccc(C)c(Oc2nc(Cc3ccc(F)cc3)ns2)c1. The van der Waals surface area contributed by atoms with Crippen LogP contribution in [-0.2, 0) is 11.2 Å². The maximum Gasteiger partial charge on any atom is 0.298 e. The molecule has 0 atom stereocenters. The van der Waals surface area contributed by atoms with Gasteiger partial charge in [-0.1, -0.05) is 18.2 Å². The van der Waals surface area contributed by atoms with E-state index in [1.165, 1.54) is 12.1 Å². The van der Waals surface area contributed by atoms with Crippen LogP contribution in [0, 0.1) is 12.7 Å². The molecule has 146 valence electrons. The Morgan fingerprint density at radius 3 is 2.75 bits per heavy atom. The number of halogens is 1. The van der Waals surface area contributed by atoms with Crippen LogP contribution in [0.25, 0.3) is 0 Å². The van der Waals surface area contributed by atoms with E-state index in [4.69, 9.17) is 9.47 Å². The lowest BCUT2D eigenvalue weighted by Crippen LogP contribution is -2.26. The highest BCUT2D eigenvalue weighted by Crippen LogP contribution is 2.28. The van der Waals surface area contributed by atoms with Crippen molar-refractivity contribution in [2.24, 2.45) is 0 Å². The number of ether oxygens (including phenoxy) is 2. The van der Waals surface area contributed by atoms with Crippen LogP contribution in [0.3, 0.4) is 0 Å². The third-order valence-corrected chi connectivity index (χ3v) is 4.60. The molecule has 0 saturated carbocycles. The number of benzene rings is 2. The Hall–Kier alpha value is -2.84. The zero-order valence-electron chi connectivity index (χ0n) is 15.6. The van der Waals surface area contributed by atoms with Crippen molar-refractivity contribution < 1.29 is 18.7 Å². The van der Waals surface area contributed by atoms with Crippen LogP contribution in [0.5, 0.6) is 10.9 Å². The molecule has 1 heterocycles. The summed E-state index contributed by atoms with van der Waals surface area (Å²) in [4.78, 5) is 16.6. The topological polar surface area (TPSA) is 73.3 Å². The van der Waals surface area contributed by atoms with Crippen LogP contribution in [-0.4, -0.2) is 35.5 Å². The maximum absolute atomic E-state index is 13.0. The molecule has 0 aliphatic heterocycles. The fraction of sp³-hybridized carbons (Fsp3) is 0.250. The van der Waals surface area contributed by atoms with Gasteiger partial charge in [-0.25, -0.2) is 4.39 Å². The Balaban J connectivity index is 1.68. The average molecular weight is 401 g/mol. The lowest BCUT2D eigenvalue weighted by atomic mass is 10.1. The Bertz CT molecular complexity index is 944. The lowest BCUT2D eigenvalue weighted by molar-refractivity contribution is 0.0937. The van der Waals surface area contributed by atoms with E-state index in [-0.39, 0.29) is 11.7 Å². The van der Waals surface area contributed by atoms with Crippen LogP contribution in [0.2, 0.25) is 0 Å². The average Bonchev–Trinajstić information content (AvgIpc) is 3.12. The number of aromatic nitrogens is 2. The van der Waals surface area contributed by atoms with Gasteiger partial charge in [-0.05, 0) is 42.3 Å². The van der Waals surface area contributed by atoms with Crippen molar-refractivity contribution in [2.45, 2.75) is 13.3 Å². The van der Waals surface area contributed by atoms with Crippen LogP contribution in [0.1, 0.15) is 27.3 Å². The summed E-state index contributed by atoms with van der Waals surface area (Å²) in [6.07, 6.45) is 0.487. The Morgan fingerprint density at radius 1 is 1.21 bits per heavy atom. The van der Waals surface area contributed by atoms with E-state index in [1.807, 2.05) is 13.0 Å². The summed E-state index contributed by atoms with van der Waals surface area (Å²) in [6, 6.07) is 11.5. The summed E-state index contributed by atoms with van der Waals surface area (Å²) >= 11 is 1.13. The fourth-order valence-electron chi connectivity index (χ4n) is 2.45. The zero-order chi connectivity index (χ0) is 19.9. The minimum Gasteiger partial charge on any atom is -0.430 e. The number of nitrogens with one attached hydrogen (secondary N) is 1. The molecule has 0 fully saturated rings. The zero-order valence-corrected chi connectivity index (χ0v) is 16.4. The van der Waals surface area contributed by atoms with E-state index >= 15 is 0 Å². The maximum atomic E-state index is 13.0. The molecule has 1 aromatic heterocycles. The number of hydrogen-bond donors (Lipinski definition) is 1. The molecule has 6 nitrogen and oxygen atoms in total. The highest BCUT2D eigenvalue weighted by atomic mass is 32.1.